The zero-order valence-electron chi connectivity index (χ0n) is 11.9. The lowest BCUT2D eigenvalue weighted by Crippen LogP contribution is -2.45. The highest BCUT2D eigenvalue weighted by molar-refractivity contribution is 5.47. The van der Waals surface area contributed by atoms with Crippen molar-refractivity contribution in [1.29, 1.82) is 0 Å². The van der Waals surface area contributed by atoms with Gasteiger partial charge in [0, 0.05) is 58.9 Å². The zero-order valence-corrected chi connectivity index (χ0v) is 11.9. The van der Waals surface area contributed by atoms with E-state index in [0.717, 1.165) is 57.4 Å². The maximum Gasteiger partial charge on any atom is 0.133 e. The summed E-state index contributed by atoms with van der Waals surface area (Å²) >= 11 is 0. The predicted octanol–water partition coefficient (Wildman–Crippen LogP) is 0.250. The SMILES string of the molecule is CCN(C)c1cc(NCCN2CCNCC2)ncn1. The molecule has 0 saturated carbocycles. The molecule has 19 heavy (non-hydrogen) atoms. The first kappa shape index (κ1) is 14.0. The van der Waals surface area contributed by atoms with E-state index in [2.05, 4.69) is 37.3 Å². The Morgan fingerprint density at radius 1 is 1.37 bits per heavy atom. The molecule has 2 heterocycles. The second-order valence-electron chi connectivity index (χ2n) is 4.79. The van der Waals surface area contributed by atoms with E-state index in [-0.39, 0.29) is 0 Å². The Bertz CT molecular complexity index is 377. The highest BCUT2D eigenvalue weighted by Gasteiger charge is 2.08. The summed E-state index contributed by atoms with van der Waals surface area (Å²) in [6.45, 7) is 9.50. The summed E-state index contributed by atoms with van der Waals surface area (Å²) in [6, 6.07) is 2.00. The fraction of sp³-hybridized carbons (Fsp3) is 0.692. The molecule has 0 aromatic carbocycles. The van der Waals surface area contributed by atoms with Crippen LogP contribution in [-0.2, 0) is 0 Å². The number of rotatable bonds is 6. The Labute approximate surface area is 115 Å². The Balaban J connectivity index is 1.78. The molecule has 1 saturated heterocycles. The maximum atomic E-state index is 4.26. The van der Waals surface area contributed by atoms with Crippen molar-refractivity contribution in [2.75, 3.05) is 63.1 Å². The first-order chi connectivity index (χ1) is 9.29. The molecule has 2 rings (SSSR count). The first-order valence-electron chi connectivity index (χ1n) is 6.99. The summed E-state index contributed by atoms with van der Waals surface area (Å²) in [5.41, 5.74) is 0. The van der Waals surface area contributed by atoms with Crippen molar-refractivity contribution in [3.63, 3.8) is 0 Å². The average molecular weight is 264 g/mol. The molecule has 6 heteroatoms. The molecular weight excluding hydrogens is 240 g/mol. The number of nitrogens with one attached hydrogen (secondary N) is 2. The Kier molecular flexibility index (Phi) is 5.35. The molecule has 106 valence electrons. The monoisotopic (exact) mass is 264 g/mol. The van der Waals surface area contributed by atoms with Crippen molar-refractivity contribution in [1.82, 2.24) is 20.2 Å². The number of nitrogens with zero attached hydrogens (tertiary/aromatic N) is 4. The summed E-state index contributed by atoms with van der Waals surface area (Å²) in [6.07, 6.45) is 1.62. The van der Waals surface area contributed by atoms with Crippen molar-refractivity contribution in [2.45, 2.75) is 6.92 Å². The van der Waals surface area contributed by atoms with Crippen LogP contribution in [0, 0.1) is 0 Å². The van der Waals surface area contributed by atoms with Crippen LogP contribution in [0.2, 0.25) is 0 Å². The topological polar surface area (TPSA) is 56.3 Å². The molecule has 0 atom stereocenters. The van der Waals surface area contributed by atoms with Crippen LogP contribution in [0.3, 0.4) is 0 Å². The molecule has 1 aliphatic rings. The van der Waals surface area contributed by atoms with Crippen LogP contribution < -0.4 is 15.5 Å². The molecule has 0 aliphatic carbocycles. The summed E-state index contributed by atoms with van der Waals surface area (Å²) < 4.78 is 0. The quantitative estimate of drug-likeness (QED) is 0.768. The van der Waals surface area contributed by atoms with Gasteiger partial charge in [0.05, 0.1) is 0 Å². The van der Waals surface area contributed by atoms with Gasteiger partial charge in [-0.15, -0.1) is 0 Å². The van der Waals surface area contributed by atoms with Gasteiger partial charge in [-0.2, -0.15) is 0 Å². The van der Waals surface area contributed by atoms with Crippen LogP contribution in [0.5, 0.6) is 0 Å². The van der Waals surface area contributed by atoms with Gasteiger partial charge in [-0.05, 0) is 6.92 Å². The third-order valence-corrected chi connectivity index (χ3v) is 3.46. The van der Waals surface area contributed by atoms with Crippen molar-refractivity contribution in [2.24, 2.45) is 0 Å². The second-order valence-corrected chi connectivity index (χ2v) is 4.79. The highest BCUT2D eigenvalue weighted by atomic mass is 15.2. The third kappa shape index (κ3) is 4.33. The lowest BCUT2D eigenvalue weighted by molar-refractivity contribution is 0.249. The van der Waals surface area contributed by atoms with Gasteiger partial charge >= 0.3 is 0 Å². The van der Waals surface area contributed by atoms with Crippen LogP contribution >= 0.6 is 0 Å². The lowest BCUT2D eigenvalue weighted by atomic mass is 10.3. The van der Waals surface area contributed by atoms with Crippen molar-refractivity contribution >= 4 is 11.6 Å². The summed E-state index contributed by atoms with van der Waals surface area (Å²) in [5, 5.41) is 6.73. The molecule has 0 radical (unpaired) electrons. The van der Waals surface area contributed by atoms with E-state index in [4.69, 9.17) is 0 Å². The third-order valence-electron chi connectivity index (χ3n) is 3.46. The fourth-order valence-corrected chi connectivity index (χ4v) is 2.09. The molecule has 1 aromatic heterocycles. The van der Waals surface area contributed by atoms with Gasteiger partial charge in [0.2, 0.25) is 0 Å². The molecule has 0 spiro atoms. The van der Waals surface area contributed by atoms with E-state index < -0.39 is 0 Å². The zero-order chi connectivity index (χ0) is 13.5. The van der Waals surface area contributed by atoms with E-state index in [1.54, 1.807) is 6.33 Å². The second kappa shape index (κ2) is 7.25. The minimum Gasteiger partial charge on any atom is -0.369 e. The summed E-state index contributed by atoms with van der Waals surface area (Å²) in [4.78, 5) is 13.1. The van der Waals surface area contributed by atoms with Gasteiger partial charge in [0.25, 0.3) is 0 Å². The standard InChI is InChI=1S/C13H24N6/c1-3-18(2)13-10-12(16-11-17-13)15-6-9-19-7-4-14-5-8-19/h10-11,14H,3-9H2,1-2H3,(H,15,16,17). The number of hydrogen-bond donors (Lipinski definition) is 2. The minimum atomic E-state index is 0.903. The van der Waals surface area contributed by atoms with Gasteiger partial charge in [-0.25, -0.2) is 9.97 Å². The highest BCUT2D eigenvalue weighted by Crippen LogP contribution is 2.11. The van der Waals surface area contributed by atoms with E-state index in [0.29, 0.717) is 0 Å². The molecule has 1 aromatic rings. The molecule has 0 amide bonds. The van der Waals surface area contributed by atoms with Gasteiger partial charge in [0.15, 0.2) is 0 Å². The summed E-state index contributed by atoms with van der Waals surface area (Å²) in [7, 11) is 2.03. The maximum absolute atomic E-state index is 4.26. The normalized spacial score (nSPS) is 16.3. The fourth-order valence-electron chi connectivity index (χ4n) is 2.09. The van der Waals surface area contributed by atoms with E-state index in [1.165, 1.54) is 0 Å². The summed E-state index contributed by atoms with van der Waals surface area (Å²) in [5.74, 6) is 1.86. The number of aromatic nitrogens is 2. The van der Waals surface area contributed by atoms with E-state index in [9.17, 15) is 0 Å². The van der Waals surface area contributed by atoms with Gasteiger partial charge in [0.1, 0.15) is 18.0 Å². The Hall–Kier alpha value is -1.40. The minimum absolute atomic E-state index is 0.903. The largest absolute Gasteiger partial charge is 0.369 e. The first-order valence-corrected chi connectivity index (χ1v) is 6.99. The van der Waals surface area contributed by atoms with Crippen LogP contribution in [0.25, 0.3) is 0 Å². The van der Waals surface area contributed by atoms with Gasteiger partial charge in [-0.1, -0.05) is 0 Å². The predicted molar refractivity (Wildman–Crippen MR) is 78.8 cm³/mol. The van der Waals surface area contributed by atoms with Crippen LogP contribution in [-0.4, -0.2) is 67.7 Å². The van der Waals surface area contributed by atoms with Crippen molar-refractivity contribution < 1.29 is 0 Å². The van der Waals surface area contributed by atoms with Crippen molar-refractivity contribution in [3.8, 4) is 0 Å². The molecule has 0 bridgehead atoms. The molecular formula is C13H24N6. The number of anilines is 2. The van der Waals surface area contributed by atoms with Crippen molar-refractivity contribution in [3.05, 3.63) is 12.4 Å². The number of hydrogen-bond acceptors (Lipinski definition) is 6. The van der Waals surface area contributed by atoms with Crippen LogP contribution in [0.4, 0.5) is 11.6 Å². The Morgan fingerprint density at radius 2 is 2.16 bits per heavy atom. The van der Waals surface area contributed by atoms with Crippen LogP contribution in [0.1, 0.15) is 6.92 Å². The van der Waals surface area contributed by atoms with Gasteiger partial charge < -0.3 is 15.5 Å². The smallest absolute Gasteiger partial charge is 0.133 e. The molecule has 6 nitrogen and oxygen atoms in total. The average Bonchev–Trinajstić information content (AvgIpc) is 2.48. The molecule has 2 N–H and O–H groups in total. The van der Waals surface area contributed by atoms with Gasteiger partial charge in [-0.3, -0.25) is 4.90 Å². The molecule has 1 aliphatic heterocycles. The number of piperazine rings is 1. The van der Waals surface area contributed by atoms with Crippen LogP contribution in [0.15, 0.2) is 12.4 Å². The van der Waals surface area contributed by atoms with E-state index >= 15 is 0 Å². The lowest BCUT2D eigenvalue weighted by Gasteiger charge is -2.27. The molecule has 0 unspecified atom stereocenters. The Morgan fingerprint density at radius 3 is 2.89 bits per heavy atom. The van der Waals surface area contributed by atoms with E-state index in [1.807, 2.05) is 13.1 Å². The molecule has 1 fully saturated rings.